The van der Waals surface area contributed by atoms with E-state index in [9.17, 15) is 19.2 Å². The number of amides is 3. The van der Waals surface area contributed by atoms with E-state index in [1.54, 1.807) is 13.8 Å². The molecule has 2 aliphatic rings. The minimum atomic E-state index is -1.74. The van der Waals surface area contributed by atoms with E-state index in [-0.39, 0.29) is 17.8 Å². The summed E-state index contributed by atoms with van der Waals surface area (Å²) < 4.78 is 8.79. The van der Waals surface area contributed by atoms with E-state index in [1.807, 2.05) is 20.8 Å². The van der Waals surface area contributed by atoms with Crippen LogP contribution in [0.3, 0.4) is 0 Å². The number of carbonyl (C=O) groups excluding carboxylic acids is 4. The molecule has 0 spiro atoms. The van der Waals surface area contributed by atoms with Gasteiger partial charge >= 0.3 is 12.1 Å². The molecule has 5 atom stereocenters. The Hall–Kier alpha value is -1.49. The molecule has 1 heterocycles. The van der Waals surface area contributed by atoms with Gasteiger partial charge in [0, 0.05) is 18.4 Å². The summed E-state index contributed by atoms with van der Waals surface area (Å²) in [6.45, 7) is 10.9. The summed E-state index contributed by atoms with van der Waals surface area (Å²) in [5, 5.41) is 6.52. The van der Waals surface area contributed by atoms with Gasteiger partial charge in [0.2, 0.25) is 9.70 Å². The maximum absolute atomic E-state index is 12.9. The number of halogens is 3. The second-order valence-electron chi connectivity index (χ2n) is 9.78. The van der Waals surface area contributed by atoms with Crippen molar-refractivity contribution in [3.63, 3.8) is 0 Å². The summed E-state index contributed by atoms with van der Waals surface area (Å²) in [6, 6.07) is -2.62. The molecule has 0 aromatic heterocycles. The van der Waals surface area contributed by atoms with Crippen LogP contribution in [-0.2, 0) is 23.9 Å². The van der Waals surface area contributed by atoms with Gasteiger partial charge in [-0.25, -0.2) is 10.2 Å². The fourth-order valence-electron chi connectivity index (χ4n) is 3.99. The van der Waals surface area contributed by atoms with Gasteiger partial charge in [0.1, 0.15) is 30.3 Å². The molecule has 0 radical (unpaired) electrons. The Bertz CT molecular complexity index is 814. The van der Waals surface area contributed by atoms with Crippen molar-refractivity contribution in [2.24, 2.45) is 17.8 Å². The molecule has 200 valence electrons. The number of hydrogen-bond donors (Lipinski definition) is 3. The molecule has 35 heavy (non-hydrogen) atoms. The highest BCUT2D eigenvalue weighted by Gasteiger charge is 2.59. The summed E-state index contributed by atoms with van der Waals surface area (Å²) in [7, 11) is 0. The molecule has 3 amide bonds. The van der Waals surface area contributed by atoms with Crippen molar-refractivity contribution in [3.05, 3.63) is 0 Å². The highest BCUT2D eigenvalue weighted by molar-refractivity contribution is 6.67. The molecule has 10 nitrogen and oxygen atoms in total. The number of carbonyl (C=O) groups is 4. The lowest BCUT2D eigenvalue weighted by Crippen LogP contribution is -2.61. The third-order valence-electron chi connectivity index (χ3n) is 6.83. The van der Waals surface area contributed by atoms with Crippen molar-refractivity contribution in [3.8, 4) is 0 Å². The van der Waals surface area contributed by atoms with E-state index in [4.69, 9.17) is 44.3 Å². The molecule has 0 aromatic rings. The molecule has 1 saturated heterocycles. The summed E-state index contributed by atoms with van der Waals surface area (Å²) in [6.07, 6.45) is 0.288. The fraction of sp³-hybridized carbons (Fsp3) is 0.818. The van der Waals surface area contributed by atoms with E-state index in [0.29, 0.717) is 19.4 Å². The number of ether oxygens (including phenoxy) is 2. The molecule has 0 bridgehead atoms. The highest BCUT2D eigenvalue weighted by atomic mass is 35.6. The maximum Gasteiger partial charge on any atom is 0.408 e. The molecular formula is C22H35Cl3N4O6. The van der Waals surface area contributed by atoms with E-state index < -0.39 is 58.0 Å². The Morgan fingerprint density at radius 1 is 1.11 bits per heavy atom. The van der Waals surface area contributed by atoms with Crippen LogP contribution in [0, 0.1) is 17.8 Å². The van der Waals surface area contributed by atoms with Gasteiger partial charge in [-0.3, -0.25) is 19.4 Å². The molecule has 1 saturated carbocycles. The Labute approximate surface area is 221 Å². The average Bonchev–Trinajstić information content (AvgIpc) is 3.23. The van der Waals surface area contributed by atoms with Crippen LogP contribution >= 0.6 is 34.8 Å². The summed E-state index contributed by atoms with van der Waals surface area (Å²) in [5.74, 6) is -1.40. The molecule has 5 unspecified atom stereocenters. The number of rotatable bonds is 8. The lowest BCUT2D eigenvalue weighted by Gasteiger charge is -2.34. The standard InChI is InChI=1S/C22H35Cl3N4O6/c1-11(2)16(27-20(33)35-21(6)12(3)13(21)4)17(30)26-14(5)18(31)29-9-7-8-15(28-29)19(32)34-10-22(23,24)25/h11-16,28H,7-10H2,1-6H3,(H,26,30)(H,27,33). The topological polar surface area (TPSA) is 126 Å². The molecule has 2 rings (SSSR count). The normalized spacial score (nSPS) is 28.1. The molecule has 0 aromatic carbocycles. The number of esters is 1. The molecule has 1 aliphatic carbocycles. The fourth-order valence-corrected chi connectivity index (χ4v) is 4.15. The zero-order valence-corrected chi connectivity index (χ0v) is 23.1. The number of hydrazine groups is 1. The first kappa shape index (κ1) is 29.7. The Balaban J connectivity index is 1.91. The second kappa shape index (κ2) is 11.7. The molecule has 1 aliphatic heterocycles. The Morgan fingerprint density at radius 2 is 1.71 bits per heavy atom. The van der Waals surface area contributed by atoms with Gasteiger partial charge in [0.05, 0.1) is 0 Å². The smallest absolute Gasteiger partial charge is 0.408 e. The zero-order chi connectivity index (χ0) is 26.7. The predicted molar refractivity (Wildman–Crippen MR) is 132 cm³/mol. The number of nitrogens with zero attached hydrogens (tertiary/aromatic N) is 1. The van der Waals surface area contributed by atoms with Crippen LogP contribution in [0.2, 0.25) is 0 Å². The van der Waals surface area contributed by atoms with Gasteiger partial charge in [-0.2, -0.15) is 0 Å². The van der Waals surface area contributed by atoms with Crippen molar-refractivity contribution >= 4 is 58.7 Å². The minimum Gasteiger partial charge on any atom is -0.460 e. The van der Waals surface area contributed by atoms with Gasteiger partial charge in [0.25, 0.3) is 5.91 Å². The van der Waals surface area contributed by atoms with E-state index >= 15 is 0 Å². The third-order valence-corrected chi connectivity index (χ3v) is 7.16. The van der Waals surface area contributed by atoms with Crippen molar-refractivity contribution in [1.82, 2.24) is 21.1 Å². The van der Waals surface area contributed by atoms with Gasteiger partial charge in [-0.15, -0.1) is 0 Å². The predicted octanol–water partition coefficient (Wildman–Crippen LogP) is 2.70. The summed E-state index contributed by atoms with van der Waals surface area (Å²) >= 11 is 16.8. The van der Waals surface area contributed by atoms with Crippen molar-refractivity contribution in [1.29, 1.82) is 0 Å². The molecule has 3 N–H and O–H groups in total. The van der Waals surface area contributed by atoms with Crippen LogP contribution in [0.5, 0.6) is 0 Å². The lowest BCUT2D eigenvalue weighted by atomic mass is 10.0. The summed E-state index contributed by atoms with van der Waals surface area (Å²) in [4.78, 5) is 50.5. The Morgan fingerprint density at radius 3 is 2.23 bits per heavy atom. The highest BCUT2D eigenvalue weighted by Crippen LogP contribution is 2.52. The largest absolute Gasteiger partial charge is 0.460 e. The van der Waals surface area contributed by atoms with Crippen LogP contribution in [0.4, 0.5) is 4.79 Å². The molecule has 13 heteroatoms. The van der Waals surface area contributed by atoms with Crippen molar-refractivity contribution in [2.45, 2.75) is 81.9 Å². The van der Waals surface area contributed by atoms with Crippen LogP contribution in [0.25, 0.3) is 0 Å². The number of nitrogens with one attached hydrogen (secondary N) is 3. The summed E-state index contributed by atoms with van der Waals surface area (Å²) in [5.41, 5.74) is 2.25. The average molecular weight is 558 g/mol. The van der Waals surface area contributed by atoms with E-state index in [1.165, 1.54) is 11.9 Å². The first-order chi connectivity index (χ1) is 16.1. The third kappa shape index (κ3) is 8.00. The van der Waals surface area contributed by atoms with Crippen LogP contribution in [-0.4, -0.2) is 69.6 Å². The van der Waals surface area contributed by atoms with Crippen LogP contribution < -0.4 is 16.1 Å². The molecule has 2 fully saturated rings. The lowest BCUT2D eigenvalue weighted by molar-refractivity contribution is -0.152. The van der Waals surface area contributed by atoms with Crippen LogP contribution in [0.1, 0.15) is 54.4 Å². The van der Waals surface area contributed by atoms with Gasteiger partial charge < -0.3 is 20.1 Å². The van der Waals surface area contributed by atoms with E-state index in [0.717, 1.165) is 0 Å². The van der Waals surface area contributed by atoms with Crippen molar-refractivity contribution < 1.29 is 28.7 Å². The SMILES string of the molecule is CC(NC(=O)C(NC(=O)OC1(C)C(C)C1C)C(C)C)C(=O)N1CCCC(C(=O)OCC(Cl)(Cl)Cl)N1. The van der Waals surface area contributed by atoms with Crippen molar-refractivity contribution in [2.75, 3.05) is 13.2 Å². The first-order valence-corrected chi connectivity index (χ1v) is 12.8. The number of hydrogen-bond acceptors (Lipinski definition) is 7. The number of alkyl carbamates (subject to hydrolysis) is 1. The second-order valence-corrected chi connectivity index (χ2v) is 12.3. The first-order valence-electron chi connectivity index (χ1n) is 11.7. The number of alkyl halides is 3. The maximum atomic E-state index is 12.9. The van der Waals surface area contributed by atoms with Gasteiger partial charge in [-0.05, 0) is 32.6 Å². The minimum absolute atomic E-state index is 0.234. The monoisotopic (exact) mass is 556 g/mol. The van der Waals surface area contributed by atoms with E-state index in [2.05, 4.69) is 16.1 Å². The zero-order valence-electron chi connectivity index (χ0n) is 20.8. The molecular weight excluding hydrogens is 523 g/mol. The quantitative estimate of drug-likeness (QED) is 0.309. The van der Waals surface area contributed by atoms with Crippen LogP contribution in [0.15, 0.2) is 0 Å². The van der Waals surface area contributed by atoms with Gasteiger partial charge in [0.15, 0.2) is 0 Å². The Kier molecular flexibility index (Phi) is 9.95. The van der Waals surface area contributed by atoms with Gasteiger partial charge in [-0.1, -0.05) is 62.5 Å².